The molecule has 3 amide bonds. The molecule has 4 rings (SSSR count). The first-order valence-electron chi connectivity index (χ1n) is 10.0. The van der Waals surface area contributed by atoms with Crippen molar-refractivity contribution in [3.05, 3.63) is 30.1 Å². The first-order valence-corrected chi connectivity index (χ1v) is 10.0. The number of rotatable bonds is 5. The summed E-state index contributed by atoms with van der Waals surface area (Å²) in [6, 6.07) is 3.71. The molecule has 2 N–H and O–H groups in total. The fourth-order valence-corrected chi connectivity index (χ4v) is 4.02. The van der Waals surface area contributed by atoms with Gasteiger partial charge in [-0.1, -0.05) is 0 Å². The molecule has 0 bridgehead atoms. The van der Waals surface area contributed by atoms with Gasteiger partial charge >= 0.3 is 6.03 Å². The number of pyridine rings is 1. The Bertz CT molecular complexity index is 911. The third-order valence-electron chi connectivity index (χ3n) is 5.39. The molecule has 2 aromatic rings. The summed E-state index contributed by atoms with van der Waals surface area (Å²) in [5, 5.41) is 16.7. The minimum atomic E-state index is -0.670. The summed E-state index contributed by atoms with van der Waals surface area (Å²) in [5.41, 5.74) is 2.06. The van der Waals surface area contributed by atoms with Crippen LogP contribution in [-0.2, 0) is 11.3 Å². The summed E-state index contributed by atoms with van der Waals surface area (Å²) >= 11 is 0. The van der Waals surface area contributed by atoms with E-state index in [9.17, 15) is 14.7 Å². The predicted octanol–water partition coefficient (Wildman–Crippen LogP) is 0.669. The fourth-order valence-electron chi connectivity index (χ4n) is 4.02. The maximum atomic E-state index is 12.2. The molecular weight excluding hydrogens is 372 g/mol. The summed E-state index contributed by atoms with van der Waals surface area (Å²) in [5.74, 6) is -0.243. The topological polar surface area (TPSA) is 93.4 Å². The highest BCUT2D eigenvalue weighted by molar-refractivity contribution is 6.07. The van der Waals surface area contributed by atoms with Crippen LogP contribution >= 0.6 is 0 Å². The lowest BCUT2D eigenvalue weighted by atomic mass is 10.1. The van der Waals surface area contributed by atoms with Crippen LogP contribution < -0.4 is 10.2 Å². The lowest BCUT2D eigenvalue weighted by Crippen LogP contribution is -2.50. The van der Waals surface area contributed by atoms with Gasteiger partial charge in [0, 0.05) is 58.4 Å². The molecule has 2 aromatic heterocycles. The third kappa shape index (κ3) is 4.58. The summed E-state index contributed by atoms with van der Waals surface area (Å²) < 4.78 is 1.75. The summed E-state index contributed by atoms with van der Waals surface area (Å²) in [6.07, 6.45) is 3.87. The van der Waals surface area contributed by atoms with Gasteiger partial charge in [-0.15, -0.1) is 0 Å². The van der Waals surface area contributed by atoms with Gasteiger partial charge in [0.05, 0.1) is 23.0 Å². The molecule has 0 aliphatic carbocycles. The van der Waals surface area contributed by atoms with E-state index in [2.05, 4.69) is 26.3 Å². The Morgan fingerprint density at radius 1 is 1.14 bits per heavy atom. The molecule has 2 aliphatic heterocycles. The molecule has 0 aromatic carbocycles. The monoisotopic (exact) mass is 400 g/mol. The Morgan fingerprint density at radius 2 is 1.86 bits per heavy atom. The van der Waals surface area contributed by atoms with Gasteiger partial charge in [-0.25, -0.2) is 9.31 Å². The number of β-amino-alcohol motifs (C(OH)–C–C–N with tert-alkyl or cyclic N) is 1. The maximum absolute atomic E-state index is 12.2. The number of urea groups is 1. The van der Waals surface area contributed by atoms with Crippen LogP contribution in [0.4, 0.5) is 10.5 Å². The van der Waals surface area contributed by atoms with Crippen molar-refractivity contribution in [3.8, 4) is 0 Å². The quantitative estimate of drug-likeness (QED) is 0.766. The number of imide groups is 1. The first kappa shape index (κ1) is 19.8. The standard InChI is InChI=1S/C20H28N6O3/c1-20(2,29)14-24-9-7-23(8-10-24)13-15-3-6-26-16(11-15)17(12-21-26)25-5-4-18(27)22-19(25)28/h3,6,11-12,29H,4-5,7-10,13-14H2,1-2H3,(H,22,27,28). The van der Waals surface area contributed by atoms with E-state index >= 15 is 0 Å². The normalized spacial score (nSPS) is 19.8. The molecule has 0 spiro atoms. The number of amides is 3. The van der Waals surface area contributed by atoms with Crippen LogP contribution in [0.5, 0.6) is 0 Å². The van der Waals surface area contributed by atoms with Gasteiger partial charge in [-0.05, 0) is 31.5 Å². The van der Waals surface area contributed by atoms with E-state index in [1.165, 1.54) is 0 Å². The zero-order chi connectivity index (χ0) is 20.6. The molecule has 0 unspecified atom stereocenters. The molecule has 0 saturated carbocycles. The van der Waals surface area contributed by atoms with Crippen molar-refractivity contribution in [3.63, 3.8) is 0 Å². The van der Waals surface area contributed by atoms with Crippen LogP contribution in [0.25, 0.3) is 5.52 Å². The fraction of sp³-hybridized carbons (Fsp3) is 0.550. The second-order valence-corrected chi connectivity index (χ2v) is 8.51. The molecule has 2 aliphatic rings. The number of fused-ring (bicyclic) bond motifs is 1. The third-order valence-corrected chi connectivity index (χ3v) is 5.39. The molecule has 4 heterocycles. The van der Waals surface area contributed by atoms with Crippen molar-refractivity contribution < 1.29 is 14.7 Å². The Labute approximate surface area is 169 Å². The Kier molecular flexibility index (Phi) is 5.28. The molecule has 2 fully saturated rings. The number of nitrogens with zero attached hydrogens (tertiary/aromatic N) is 5. The summed E-state index contributed by atoms with van der Waals surface area (Å²) in [6.45, 7) is 9.33. The van der Waals surface area contributed by atoms with E-state index in [0.29, 0.717) is 18.8 Å². The van der Waals surface area contributed by atoms with E-state index in [-0.39, 0.29) is 12.3 Å². The number of carbonyl (C=O) groups is 2. The Morgan fingerprint density at radius 3 is 2.55 bits per heavy atom. The van der Waals surface area contributed by atoms with Crippen molar-refractivity contribution in [2.75, 3.05) is 44.2 Å². The SMILES string of the molecule is CC(C)(O)CN1CCN(Cc2ccn3ncc(N4CCC(=O)NC4=O)c3c2)CC1. The van der Waals surface area contributed by atoms with Crippen molar-refractivity contribution in [1.29, 1.82) is 0 Å². The second-order valence-electron chi connectivity index (χ2n) is 8.51. The lowest BCUT2D eigenvalue weighted by Gasteiger charge is -2.37. The highest BCUT2D eigenvalue weighted by Gasteiger charge is 2.27. The molecular formula is C20H28N6O3. The number of anilines is 1. The van der Waals surface area contributed by atoms with Gasteiger partial charge < -0.3 is 5.11 Å². The number of nitrogens with one attached hydrogen (secondary N) is 1. The van der Waals surface area contributed by atoms with Crippen molar-refractivity contribution in [1.82, 2.24) is 24.7 Å². The van der Waals surface area contributed by atoms with Gasteiger partial charge in [-0.2, -0.15) is 5.10 Å². The lowest BCUT2D eigenvalue weighted by molar-refractivity contribution is -0.120. The minimum absolute atomic E-state index is 0.243. The molecule has 0 atom stereocenters. The van der Waals surface area contributed by atoms with E-state index in [4.69, 9.17) is 0 Å². The van der Waals surface area contributed by atoms with Gasteiger partial charge in [0.1, 0.15) is 0 Å². The van der Waals surface area contributed by atoms with Crippen LogP contribution in [0.3, 0.4) is 0 Å². The molecule has 9 nitrogen and oxygen atoms in total. The largest absolute Gasteiger partial charge is 0.389 e. The zero-order valence-corrected chi connectivity index (χ0v) is 17.0. The summed E-state index contributed by atoms with van der Waals surface area (Å²) in [7, 11) is 0. The molecule has 0 radical (unpaired) electrons. The number of piperazine rings is 1. The average molecular weight is 400 g/mol. The molecule has 156 valence electrons. The van der Waals surface area contributed by atoms with Crippen molar-refractivity contribution in [2.45, 2.75) is 32.4 Å². The van der Waals surface area contributed by atoms with E-state index < -0.39 is 11.6 Å². The van der Waals surface area contributed by atoms with Crippen LogP contribution in [0.2, 0.25) is 0 Å². The van der Waals surface area contributed by atoms with Gasteiger partial charge in [-0.3, -0.25) is 24.8 Å². The molecule has 9 heteroatoms. The summed E-state index contributed by atoms with van der Waals surface area (Å²) in [4.78, 5) is 29.9. The van der Waals surface area contributed by atoms with Crippen LogP contribution in [0.1, 0.15) is 25.8 Å². The highest BCUT2D eigenvalue weighted by atomic mass is 16.3. The number of hydrogen-bond donors (Lipinski definition) is 2. The van der Waals surface area contributed by atoms with Crippen molar-refractivity contribution in [2.24, 2.45) is 0 Å². The molecule has 29 heavy (non-hydrogen) atoms. The first-order chi connectivity index (χ1) is 13.8. The van der Waals surface area contributed by atoms with E-state index in [0.717, 1.165) is 43.8 Å². The van der Waals surface area contributed by atoms with Gasteiger partial charge in [0.2, 0.25) is 5.91 Å². The van der Waals surface area contributed by atoms with Gasteiger partial charge in [0.25, 0.3) is 0 Å². The number of hydrogen-bond acceptors (Lipinski definition) is 6. The van der Waals surface area contributed by atoms with E-state index in [1.54, 1.807) is 15.6 Å². The van der Waals surface area contributed by atoms with Crippen molar-refractivity contribution >= 4 is 23.1 Å². The maximum Gasteiger partial charge on any atom is 0.328 e. The smallest absolute Gasteiger partial charge is 0.328 e. The number of aliphatic hydroxyl groups is 1. The van der Waals surface area contributed by atoms with Crippen LogP contribution in [0.15, 0.2) is 24.5 Å². The molecule has 2 saturated heterocycles. The van der Waals surface area contributed by atoms with E-state index in [1.807, 2.05) is 26.1 Å². The van der Waals surface area contributed by atoms with Gasteiger partial charge in [0.15, 0.2) is 0 Å². The average Bonchev–Trinajstić information content (AvgIpc) is 3.05. The zero-order valence-electron chi connectivity index (χ0n) is 17.0. The number of aromatic nitrogens is 2. The second kappa shape index (κ2) is 7.74. The van der Waals surface area contributed by atoms with Crippen LogP contribution in [-0.4, -0.2) is 81.3 Å². The minimum Gasteiger partial charge on any atom is -0.389 e. The highest BCUT2D eigenvalue weighted by Crippen LogP contribution is 2.24. The predicted molar refractivity (Wildman–Crippen MR) is 109 cm³/mol. The number of carbonyl (C=O) groups excluding carboxylic acids is 2. The Balaban J connectivity index is 1.44. The van der Waals surface area contributed by atoms with Crippen LogP contribution in [0, 0.1) is 0 Å². The Hall–Kier alpha value is -2.49.